The van der Waals surface area contributed by atoms with Gasteiger partial charge in [0.25, 0.3) is 0 Å². The molecule has 0 aliphatic carbocycles. The van der Waals surface area contributed by atoms with Crippen LogP contribution in [0, 0.1) is 0 Å². The van der Waals surface area contributed by atoms with E-state index in [9.17, 15) is 9.59 Å². The van der Waals surface area contributed by atoms with Crippen molar-refractivity contribution in [2.45, 2.75) is 12.8 Å². The first-order chi connectivity index (χ1) is 11.6. The molecule has 0 aromatic heterocycles. The van der Waals surface area contributed by atoms with Crippen LogP contribution in [0.25, 0.3) is 0 Å². The summed E-state index contributed by atoms with van der Waals surface area (Å²) < 4.78 is 5.15. The van der Waals surface area contributed by atoms with Gasteiger partial charge in [0.15, 0.2) is 0 Å². The number of amides is 2. The van der Waals surface area contributed by atoms with Crippen LogP contribution in [0.3, 0.4) is 0 Å². The molecule has 2 amide bonds. The van der Waals surface area contributed by atoms with Crippen LogP contribution >= 0.6 is 11.6 Å². The topological polar surface area (TPSA) is 67.4 Å². The van der Waals surface area contributed by atoms with E-state index in [4.69, 9.17) is 16.3 Å². The fourth-order valence-electron chi connectivity index (χ4n) is 2.12. The maximum absolute atomic E-state index is 11.8. The van der Waals surface area contributed by atoms with Gasteiger partial charge in [0, 0.05) is 17.3 Å². The van der Waals surface area contributed by atoms with Crippen molar-refractivity contribution in [2.24, 2.45) is 0 Å². The number of hydrogen-bond donors (Lipinski definition) is 2. The van der Waals surface area contributed by atoms with E-state index in [0.717, 1.165) is 11.3 Å². The number of anilines is 1. The van der Waals surface area contributed by atoms with Crippen LogP contribution in [0.15, 0.2) is 48.5 Å². The second-order valence-corrected chi connectivity index (χ2v) is 5.62. The lowest BCUT2D eigenvalue weighted by atomic mass is 10.1. The number of carbonyl (C=O) groups excluding carboxylic acids is 2. The van der Waals surface area contributed by atoms with Crippen LogP contribution < -0.4 is 15.4 Å². The van der Waals surface area contributed by atoms with E-state index in [1.807, 2.05) is 24.3 Å². The minimum absolute atomic E-state index is 0.221. The summed E-state index contributed by atoms with van der Waals surface area (Å²) in [6.07, 6.45) is 0.447. The minimum atomic E-state index is -0.365. The fourth-order valence-corrected chi connectivity index (χ4v) is 2.25. The van der Waals surface area contributed by atoms with E-state index >= 15 is 0 Å². The zero-order chi connectivity index (χ0) is 17.4. The van der Waals surface area contributed by atoms with Gasteiger partial charge in [-0.25, -0.2) is 0 Å². The Morgan fingerprint density at radius 2 is 1.83 bits per heavy atom. The molecule has 2 aromatic rings. The Morgan fingerprint density at radius 1 is 1.08 bits per heavy atom. The third-order valence-corrected chi connectivity index (χ3v) is 3.57. The van der Waals surface area contributed by atoms with Crippen molar-refractivity contribution in [2.75, 3.05) is 19.0 Å². The Hall–Kier alpha value is -2.53. The van der Waals surface area contributed by atoms with Crippen molar-refractivity contribution < 1.29 is 14.3 Å². The molecule has 0 heterocycles. The summed E-state index contributed by atoms with van der Waals surface area (Å²) >= 11 is 5.77. The maximum atomic E-state index is 11.8. The van der Waals surface area contributed by atoms with Gasteiger partial charge >= 0.3 is 0 Å². The normalized spacial score (nSPS) is 10.1. The molecular weight excluding hydrogens is 328 g/mol. The molecule has 5 nitrogen and oxygen atoms in total. The molecule has 0 radical (unpaired) electrons. The first-order valence-electron chi connectivity index (χ1n) is 7.52. The molecule has 2 N–H and O–H groups in total. The zero-order valence-corrected chi connectivity index (χ0v) is 14.1. The van der Waals surface area contributed by atoms with Gasteiger partial charge in [0.1, 0.15) is 12.2 Å². The molecule has 0 bridgehead atoms. The van der Waals surface area contributed by atoms with Gasteiger partial charge in [-0.3, -0.25) is 9.59 Å². The summed E-state index contributed by atoms with van der Waals surface area (Å²) in [6, 6.07) is 14.3. The predicted octanol–water partition coefficient (Wildman–Crippen LogP) is 3.04. The molecular formula is C18H19ClN2O3. The molecule has 0 saturated carbocycles. The summed E-state index contributed by atoms with van der Waals surface area (Å²) in [5, 5.41) is 5.97. The van der Waals surface area contributed by atoms with Gasteiger partial charge in [-0.2, -0.15) is 0 Å². The molecule has 0 atom stereocenters. The molecule has 2 rings (SSSR count). The van der Waals surface area contributed by atoms with Gasteiger partial charge in [0.2, 0.25) is 11.8 Å². The molecule has 0 unspecified atom stereocenters. The van der Waals surface area contributed by atoms with E-state index < -0.39 is 0 Å². The van der Waals surface area contributed by atoms with Crippen LogP contribution in [0.4, 0.5) is 5.69 Å². The van der Waals surface area contributed by atoms with E-state index in [1.54, 1.807) is 31.4 Å². The predicted molar refractivity (Wildman–Crippen MR) is 94.4 cm³/mol. The molecule has 0 aliphatic heterocycles. The highest BCUT2D eigenvalue weighted by atomic mass is 35.5. The molecule has 6 heteroatoms. The number of nitrogens with one attached hydrogen (secondary N) is 2. The average Bonchev–Trinajstić information content (AvgIpc) is 2.57. The summed E-state index contributed by atoms with van der Waals surface area (Å²) in [5.74, 6) is 0.0988. The third kappa shape index (κ3) is 5.93. The quantitative estimate of drug-likeness (QED) is 0.757. The van der Waals surface area contributed by atoms with Gasteiger partial charge in [-0.05, 0) is 48.4 Å². The molecule has 0 aliphatic rings. The summed E-state index contributed by atoms with van der Waals surface area (Å²) in [4.78, 5) is 23.6. The van der Waals surface area contributed by atoms with Crippen LogP contribution in [-0.2, 0) is 16.0 Å². The Bertz CT molecular complexity index is 702. The average molecular weight is 347 g/mol. The number of benzene rings is 2. The lowest BCUT2D eigenvalue weighted by molar-refractivity contribution is -0.126. The SMILES string of the molecule is COc1cccc(CCNC(=O)CC(=O)Nc2ccc(Cl)cc2)c1. The Balaban J connectivity index is 1.72. The van der Waals surface area contributed by atoms with Crippen LogP contribution in [-0.4, -0.2) is 25.5 Å². The largest absolute Gasteiger partial charge is 0.497 e. The first-order valence-corrected chi connectivity index (χ1v) is 7.89. The first kappa shape index (κ1) is 17.8. The smallest absolute Gasteiger partial charge is 0.233 e. The monoisotopic (exact) mass is 346 g/mol. The Kier molecular flexibility index (Phi) is 6.63. The standard InChI is InChI=1S/C18H19ClN2O3/c1-24-16-4-2-3-13(11-16)9-10-20-17(22)12-18(23)21-15-7-5-14(19)6-8-15/h2-8,11H,9-10,12H2,1H3,(H,20,22)(H,21,23). The lowest BCUT2D eigenvalue weighted by Gasteiger charge is -2.07. The summed E-state index contributed by atoms with van der Waals surface area (Å²) in [6.45, 7) is 0.459. The van der Waals surface area contributed by atoms with Crippen LogP contribution in [0.1, 0.15) is 12.0 Å². The lowest BCUT2D eigenvalue weighted by Crippen LogP contribution is -2.29. The van der Waals surface area contributed by atoms with Crippen molar-refractivity contribution in [3.05, 3.63) is 59.1 Å². The van der Waals surface area contributed by atoms with Crippen molar-refractivity contribution in [3.8, 4) is 5.75 Å². The van der Waals surface area contributed by atoms with Crippen molar-refractivity contribution in [1.29, 1.82) is 0 Å². The molecule has 0 spiro atoms. The Labute approximate surface area is 146 Å². The third-order valence-electron chi connectivity index (χ3n) is 3.32. The Morgan fingerprint density at radius 3 is 2.54 bits per heavy atom. The zero-order valence-electron chi connectivity index (χ0n) is 13.3. The van der Waals surface area contributed by atoms with Gasteiger partial charge in [0.05, 0.1) is 7.11 Å². The number of carbonyl (C=O) groups is 2. The second-order valence-electron chi connectivity index (χ2n) is 5.18. The van der Waals surface area contributed by atoms with Gasteiger partial charge in [-0.1, -0.05) is 23.7 Å². The van der Waals surface area contributed by atoms with Crippen molar-refractivity contribution >= 4 is 29.1 Å². The molecule has 126 valence electrons. The van der Waals surface area contributed by atoms with E-state index in [2.05, 4.69) is 10.6 Å². The number of methoxy groups -OCH3 is 1. The molecule has 2 aromatic carbocycles. The second kappa shape index (κ2) is 8.93. The van der Waals surface area contributed by atoms with E-state index in [-0.39, 0.29) is 18.2 Å². The summed E-state index contributed by atoms with van der Waals surface area (Å²) in [7, 11) is 1.61. The van der Waals surface area contributed by atoms with Crippen LogP contribution in [0.2, 0.25) is 5.02 Å². The number of halogens is 1. The highest BCUT2D eigenvalue weighted by molar-refractivity contribution is 6.30. The van der Waals surface area contributed by atoms with E-state index in [1.165, 1.54) is 0 Å². The molecule has 0 saturated heterocycles. The summed E-state index contributed by atoms with van der Waals surface area (Å²) in [5.41, 5.74) is 1.66. The van der Waals surface area contributed by atoms with Crippen LogP contribution in [0.5, 0.6) is 5.75 Å². The maximum Gasteiger partial charge on any atom is 0.233 e. The van der Waals surface area contributed by atoms with E-state index in [0.29, 0.717) is 23.7 Å². The molecule has 24 heavy (non-hydrogen) atoms. The number of hydrogen-bond acceptors (Lipinski definition) is 3. The highest BCUT2D eigenvalue weighted by Gasteiger charge is 2.09. The number of ether oxygens (including phenoxy) is 1. The molecule has 0 fully saturated rings. The van der Waals surface area contributed by atoms with Gasteiger partial charge < -0.3 is 15.4 Å². The van der Waals surface area contributed by atoms with Crippen molar-refractivity contribution in [1.82, 2.24) is 5.32 Å². The van der Waals surface area contributed by atoms with Gasteiger partial charge in [-0.15, -0.1) is 0 Å². The number of rotatable bonds is 7. The minimum Gasteiger partial charge on any atom is -0.497 e. The fraction of sp³-hybridized carbons (Fsp3) is 0.222. The highest BCUT2D eigenvalue weighted by Crippen LogP contribution is 2.14. The van der Waals surface area contributed by atoms with Crippen molar-refractivity contribution in [3.63, 3.8) is 0 Å².